The van der Waals surface area contributed by atoms with E-state index in [1.54, 1.807) is 12.1 Å². The monoisotopic (exact) mass is 613 g/mol. The van der Waals surface area contributed by atoms with Gasteiger partial charge in [-0.2, -0.15) is 0 Å². The minimum absolute atomic E-state index is 0.0422. The molecular formula is C30H36BrN3O4S. The van der Waals surface area contributed by atoms with E-state index in [9.17, 15) is 18.0 Å². The van der Waals surface area contributed by atoms with Crippen molar-refractivity contribution in [1.29, 1.82) is 0 Å². The number of benzene rings is 3. The van der Waals surface area contributed by atoms with Gasteiger partial charge in [0.25, 0.3) is 0 Å². The highest BCUT2D eigenvalue weighted by Gasteiger charge is 2.33. The number of para-hydroxylation sites is 1. The Hall–Kier alpha value is -3.17. The number of anilines is 1. The van der Waals surface area contributed by atoms with Gasteiger partial charge < -0.3 is 10.2 Å². The van der Waals surface area contributed by atoms with Crippen molar-refractivity contribution in [3.8, 4) is 0 Å². The Morgan fingerprint density at radius 1 is 0.897 bits per heavy atom. The van der Waals surface area contributed by atoms with Gasteiger partial charge in [0.1, 0.15) is 12.6 Å². The van der Waals surface area contributed by atoms with Crippen LogP contribution in [0.4, 0.5) is 5.69 Å². The van der Waals surface area contributed by atoms with Crippen molar-refractivity contribution < 1.29 is 18.0 Å². The molecule has 39 heavy (non-hydrogen) atoms. The first-order valence-corrected chi connectivity index (χ1v) is 15.6. The first-order valence-electron chi connectivity index (χ1n) is 12.9. The number of carbonyl (C=O) groups excluding carboxylic acids is 2. The molecule has 0 saturated heterocycles. The summed E-state index contributed by atoms with van der Waals surface area (Å²) in [6.07, 6.45) is 1.39. The summed E-state index contributed by atoms with van der Waals surface area (Å²) in [5.74, 6) is -0.713. The second-order valence-electron chi connectivity index (χ2n) is 9.73. The lowest BCUT2D eigenvalue weighted by molar-refractivity contribution is -0.140. The molecule has 1 N–H and O–H groups in total. The number of amides is 2. The largest absolute Gasteiger partial charge is 0.355 e. The van der Waals surface area contributed by atoms with Crippen molar-refractivity contribution in [2.75, 3.05) is 23.7 Å². The van der Waals surface area contributed by atoms with Crippen molar-refractivity contribution in [3.63, 3.8) is 0 Å². The maximum Gasteiger partial charge on any atom is 0.244 e. The first-order chi connectivity index (χ1) is 18.5. The number of halogens is 1. The molecule has 0 fully saturated rings. The van der Waals surface area contributed by atoms with Gasteiger partial charge in [0.2, 0.25) is 21.8 Å². The summed E-state index contributed by atoms with van der Waals surface area (Å²) in [4.78, 5) is 29.0. The topological polar surface area (TPSA) is 86.8 Å². The summed E-state index contributed by atoms with van der Waals surface area (Å²) in [6.45, 7) is 5.90. The van der Waals surface area contributed by atoms with E-state index in [-0.39, 0.29) is 24.8 Å². The smallest absolute Gasteiger partial charge is 0.244 e. The minimum atomic E-state index is -3.82. The van der Waals surface area contributed by atoms with Gasteiger partial charge in [0.05, 0.1) is 11.9 Å². The van der Waals surface area contributed by atoms with Crippen LogP contribution in [0.3, 0.4) is 0 Å². The highest BCUT2D eigenvalue weighted by molar-refractivity contribution is 9.10. The zero-order valence-electron chi connectivity index (χ0n) is 22.8. The summed E-state index contributed by atoms with van der Waals surface area (Å²) < 4.78 is 28.1. The maximum absolute atomic E-state index is 14.1. The van der Waals surface area contributed by atoms with E-state index in [1.165, 1.54) is 4.90 Å². The van der Waals surface area contributed by atoms with Crippen LogP contribution in [-0.4, -0.2) is 50.5 Å². The van der Waals surface area contributed by atoms with E-state index in [0.717, 1.165) is 31.7 Å². The number of nitrogens with zero attached hydrogens (tertiary/aromatic N) is 2. The van der Waals surface area contributed by atoms with Crippen LogP contribution >= 0.6 is 15.9 Å². The minimum Gasteiger partial charge on any atom is -0.355 e. The Labute approximate surface area is 240 Å². The van der Waals surface area contributed by atoms with Crippen LogP contribution in [0.2, 0.25) is 0 Å². The van der Waals surface area contributed by atoms with Gasteiger partial charge in [-0.25, -0.2) is 8.42 Å². The number of sulfonamides is 1. The fourth-order valence-corrected chi connectivity index (χ4v) is 5.56. The second-order valence-corrected chi connectivity index (χ2v) is 12.6. The molecule has 0 bridgehead atoms. The number of likely N-dealkylation sites (N-methyl/N-ethyl adjacent to an activating group) is 1. The van der Waals surface area contributed by atoms with Gasteiger partial charge in [-0.05, 0) is 47.7 Å². The second kappa shape index (κ2) is 13.8. The van der Waals surface area contributed by atoms with Crippen LogP contribution in [0.25, 0.3) is 0 Å². The number of hydrogen-bond donors (Lipinski definition) is 1. The lowest BCUT2D eigenvalue weighted by atomic mass is 10.0. The molecular weight excluding hydrogens is 578 g/mol. The molecule has 9 heteroatoms. The Morgan fingerprint density at radius 3 is 2.10 bits per heavy atom. The summed E-state index contributed by atoms with van der Waals surface area (Å²) in [5.41, 5.74) is 3.00. The molecule has 0 saturated carbocycles. The van der Waals surface area contributed by atoms with E-state index in [1.807, 2.05) is 87.5 Å². The Morgan fingerprint density at radius 2 is 1.51 bits per heavy atom. The molecule has 0 heterocycles. The van der Waals surface area contributed by atoms with Crippen LogP contribution in [-0.2, 0) is 32.6 Å². The lowest BCUT2D eigenvalue weighted by Gasteiger charge is -2.34. The molecule has 208 valence electrons. The third-order valence-electron chi connectivity index (χ3n) is 6.39. The van der Waals surface area contributed by atoms with Crippen LogP contribution < -0.4 is 9.62 Å². The van der Waals surface area contributed by atoms with Gasteiger partial charge in [0.15, 0.2) is 0 Å². The summed E-state index contributed by atoms with van der Waals surface area (Å²) in [5, 5.41) is 2.86. The van der Waals surface area contributed by atoms with Gasteiger partial charge >= 0.3 is 0 Å². The van der Waals surface area contributed by atoms with E-state index in [4.69, 9.17) is 0 Å². The Balaban J connectivity index is 2.07. The highest BCUT2D eigenvalue weighted by Crippen LogP contribution is 2.29. The normalized spacial score (nSPS) is 12.2. The number of carbonyl (C=O) groups is 2. The van der Waals surface area contributed by atoms with Crippen molar-refractivity contribution in [2.45, 2.75) is 45.7 Å². The zero-order valence-corrected chi connectivity index (χ0v) is 25.2. The van der Waals surface area contributed by atoms with Gasteiger partial charge in [-0.1, -0.05) is 90.4 Å². The molecule has 1 atom stereocenters. The average Bonchev–Trinajstić information content (AvgIpc) is 2.90. The SMILES string of the molecule is CCNC(=O)[C@H](Cc1ccccc1)N(Cc1ccc(Br)cc1)C(=O)CN(c1ccccc1C(C)C)S(C)(=O)=O. The molecule has 0 aliphatic rings. The molecule has 3 aromatic rings. The van der Waals surface area contributed by atoms with E-state index in [2.05, 4.69) is 21.2 Å². The third kappa shape index (κ3) is 8.41. The fraction of sp³-hybridized carbons (Fsp3) is 0.333. The standard InChI is InChI=1S/C30H36BrN3O4S/c1-5-32-30(36)28(19-23-11-7-6-8-12-23)33(20-24-15-17-25(31)18-16-24)29(35)21-34(39(4,37)38)27-14-10-9-13-26(27)22(2)3/h6-18,22,28H,5,19-21H2,1-4H3,(H,32,36)/t28-/m0/s1. The van der Waals surface area contributed by atoms with Crippen LogP contribution in [0.1, 0.15) is 43.4 Å². The molecule has 0 spiro atoms. The van der Waals surface area contributed by atoms with Crippen molar-refractivity contribution >= 4 is 43.5 Å². The summed E-state index contributed by atoms with van der Waals surface area (Å²) in [6, 6.07) is 23.4. The molecule has 0 aliphatic heterocycles. The molecule has 0 aliphatic carbocycles. The predicted molar refractivity (Wildman–Crippen MR) is 160 cm³/mol. The number of hydrogen-bond acceptors (Lipinski definition) is 4. The highest BCUT2D eigenvalue weighted by atomic mass is 79.9. The average molecular weight is 615 g/mol. The predicted octanol–water partition coefficient (Wildman–Crippen LogP) is 5.11. The number of rotatable bonds is 12. The Kier molecular flexibility index (Phi) is 10.7. The quantitative estimate of drug-likeness (QED) is 0.307. The van der Waals surface area contributed by atoms with Crippen LogP contribution in [0.5, 0.6) is 0 Å². The van der Waals surface area contributed by atoms with Crippen LogP contribution in [0, 0.1) is 0 Å². The first kappa shape index (κ1) is 30.4. The van der Waals surface area contributed by atoms with Crippen molar-refractivity contribution in [2.24, 2.45) is 0 Å². The summed E-state index contributed by atoms with van der Waals surface area (Å²) in [7, 11) is -3.82. The molecule has 0 unspecified atom stereocenters. The Bertz CT molecular complexity index is 1360. The molecule has 0 aromatic heterocycles. The fourth-order valence-electron chi connectivity index (χ4n) is 4.43. The van der Waals surface area contributed by atoms with Gasteiger partial charge in [0, 0.05) is 24.0 Å². The molecule has 2 amide bonds. The van der Waals surface area contributed by atoms with Gasteiger partial charge in [-0.15, -0.1) is 0 Å². The van der Waals surface area contributed by atoms with Crippen LogP contribution in [0.15, 0.2) is 83.3 Å². The van der Waals surface area contributed by atoms with E-state index < -0.39 is 28.5 Å². The molecule has 3 aromatic carbocycles. The zero-order chi connectivity index (χ0) is 28.6. The maximum atomic E-state index is 14.1. The third-order valence-corrected chi connectivity index (χ3v) is 8.05. The van der Waals surface area contributed by atoms with Crippen molar-refractivity contribution in [1.82, 2.24) is 10.2 Å². The lowest BCUT2D eigenvalue weighted by Crippen LogP contribution is -2.53. The molecule has 7 nitrogen and oxygen atoms in total. The van der Waals surface area contributed by atoms with Gasteiger partial charge in [-0.3, -0.25) is 13.9 Å². The molecule has 3 rings (SSSR count). The van der Waals surface area contributed by atoms with E-state index >= 15 is 0 Å². The molecule has 0 radical (unpaired) electrons. The van der Waals surface area contributed by atoms with E-state index in [0.29, 0.717) is 12.2 Å². The summed E-state index contributed by atoms with van der Waals surface area (Å²) >= 11 is 3.44. The number of nitrogens with one attached hydrogen (secondary N) is 1. The van der Waals surface area contributed by atoms with Crippen molar-refractivity contribution in [3.05, 3.63) is 100 Å².